The van der Waals surface area contributed by atoms with Crippen molar-refractivity contribution in [3.05, 3.63) is 29.3 Å². The van der Waals surface area contributed by atoms with Crippen molar-refractivity contribution in [1.29, 1.82) is 0 Å². The zero-order valence-electron chi connectivity index (χ0n) is 14.0. The first-order valence-corrected chi connectivity index (χ1v) is 8.29. The molecular weight excluding hydrogens is 312 g/mol. The molecule has 1 aliphatic heterocycles. The van der Waals surface area contributed by atoms with E-state index in [1.54, 1.807) is 14.0 Å². The van der Waals surface area contributed by atoms with Crippen LogP contribution in [-0.4, -0.2) is 37.6 Å². The molecule has 0 radical (unpaired) electrons. The number of rotatable bonds is 6. The maximum absolute atomic E-state index is 11.1. The molecule has 1 saturated carbocycles. The number of hydrogen-bond donors (Lipinski definition) is 1. The van der Waals surface area contributed by atoms with Gasteiger partial charge in [-0.25, -0.2) is 0 Å². The number of halogens is 1. The summed E-state index contributed by atoms with van der Waals surface area (Å²) < 4.78 is 5.39. The van der Waals surface area contributed by atoms with Gasteiger partial charge in [0.05, 0.1) is 7.11 Å². The van der Waals surface area contributed by atoms with E-state index in [1.165, 1.54) is 30.5 Å². The lowest BCUT2D eigenvalue weighted by atomic mass is 9.87. The molecule has 0 aromatic heterocycles. The normalized spacial score (nSPS) is 20.3. The molecule has 4 nitrogen and oxygen atoms in total. The van der Waals surface area contributed by atoms with Crippen LogP contribution < -0.4 is 10.1 Å². The molecule has 1 N–H and O–H groups in total. The summed E-state index contributed by atoms with van der Waals surface area (Å²) in [5.74, 6) is 2.37. The molecule has 1 atom stereocenters. The lowest BCUT2D eigenvalue weighted by Gasteiger charge is -2.35. The molecule has 1 unspecified atom stereocenters. The molecule has 0 saturated heterocycles. The largest absolute Gasteiger partial charge is 0.497 e. The molecule has 1 aliphatic carbocycles. The Labute approximate surface area is 145 Å². The van der Waals surface area contributed by atoms with E-state index in [0.717, 1.165) is 37.7 Å². The Morgan fingerprint density at radius 2 is 2.17 bits per heavy atom. The molecule has 128 valence electrons. The van der Waals surface area contributed by atoms with Crippen molar-refractivity contribution < 1.29 is 9.53 Å². The lowest BCUT2D eigenvalue weighted by Crippen LogP contribution is -2.36. The van der Waals surface area contributed by atoms with Crippen molar-refractivity contribution in [3.8, 4) is 5.75 Å². The Kier molecular flexibility index (Phi) is 6.31. The zero-order chi connectivity index (χ0) is 15.5. The van der Waals surface area contributed by atoms with Crippen LogP contribution in [0.3, 0.4) is 0 Å². The second-order valence-corrected chi connectivity index (χ2v) is 6.67. The number of carbonyl (C=O) groups excluding carboxylic acids is 1. The molecule has 0 spiro atoms. The lowest BCUT2D eigenvalue weighted by molar-refractivity contribution is -0.118. The summed E-state index contributed by atoms with van der Waals surface area (Å²) in [6.07, 6.45) is 3.77. The fourth-order valence-electron chi connectivity index (χ4n) is 3.41. The third kappa shape index (κ3) is 4.85. The Hall–Kier alpha value is -1.26. The average molecular weight is 339 g/mol. The molecule has 1 aromatic rings. The third-order valence-corrected chi connectivity index (χ3v) is 4.75. The fraction of sp³-hybridized carbons (Fsp3) is 0.611. The smallest absolute Gasteiger partial charge is 0.216 e. The van der Waals surface area contributed by atoms with Crippen LogP contribution in [0.25, 0.3) is 0 Å². The van der Waals surface area contributed by atoms with Crippen LogP contribution in [0.5, 0.6) is 5.75 Å². The number of nitrogens with zero attached hydrogens (tertiary/aromatic N) is 1. The fourth-order valence-corrected chi connectivity index (χ4v) is 3.41. The summed E-state index contributed by atoms with van der Waals surface area (Å²) in [4.78, 5) is 13.7. The molecule has 1 aromatic carbocycles. The van der Waals surface area contributed by atoms with Crippen molar-refractivity contribution >= 4 is 18.3 Å². The van der Waals surface area contributed by atoms with Gasteiger partial charge < -0.3 is 10.1 Å². The molecule has 0 bridgehead atoms. The van der Waals surface area contributed by atoms with Gasteiger partial charge in [-0.05, 0) is 54.4 Å². The maximum atomic E-state index is 11.1. The SMILES string of the molecule is COc1ccc2c(c1)C(CCNC(C)=O)CN(CC1CC1)C2.Cl. The Balaban J connectivity index is 0.00000192. The van der Waals surface area contributed by atoms with Gasteiger partial charge in [-0.2, -0.15) is 0 Å². The van der Waals surface area contributed by atoms with Crippen LogP contribution in [0.2, 0.25) is 0 Å². The maximum Gasteiger partial charge on any atom is 0.216 e. The predicted octanol–water partition coefficient (Wildman–Crippen LogP) is 2.95. The van der Waals surface area contributed by atoms with Gasteiger partial charge in [0, 0.05) is 33.1 Å². The van der Waals surface area contributed by atoms with Crippen LogP contribution in [0.15, 0.2) is 18.2 Å². The minimum Gasteiger partial charge on any atom is -0.497 e. The van der Waals surface area contributed by atoms with Crippen molar-refractivity contribution in [1.82, 2.24) is 10.2 Å². The predicted molar refractivity (Wildman–Crippen MR) is 94.3 cm³/mol. The minimum atomic E-state index is 0. The topological polar surface area (TPSA) is 41.6 Å². The number of hydrogen-bond acceptors (Lipinski definition) is 3. The van der Waals surface area contributed by atoms with Gasteiger partial charge in [0.25, 0.3) is 0 Å². The van der Waals surface area contributed by atoms with Crippen LogP contribution in [0.1, 0.15) is 43.2 Å². The molecule has 3 rings (SSSR count). The highest BCUT2D eigenvalue weighted by Gasteiger charge is 2.30. The summed E-state index contributed by atoms with van der Waals surface area (Å²) >= 11 is 0. The number of benzene rings is 1. The number of methoxy groups -OCH3 is 1. The summed E-state index contributed by atoms with van der Waals surface area (Å²) in [7, 11) is 1.72. The summed E-state index contributed by atoms with van der Waals surface area (Å²) in [6, 6.07) is 6.45. The van der Waals surface area contributed by atoms with Crippen molar-refractivity contribution in [3.63, 3.8) is 0 Å². The van der Waals surface area contributed by atoms with Crippen LogP contribution in [0.4, 0.5) is 0 Å². The van der Waals surface area contributed by atoms with Gasteiger partial charge in [0.15, 0.2) is 0 Å². The van der Waals surface area contributed by atoms with Gasteiger partial charge in [0.1, 0.15) is 5.75 Å². The molecule has 23 heavy (non-hydrogen) atoms. The van der Waals surface area contributed by atoms with E-state index in [-0.39, 0.29) is 18.3 Å². The summed E-state index contributed by atoms with van der Waals surface area (Å²) in [6.45, 7) is 5.69. The highest BCUT2D eigenvalue weighted by molar-refractivity contribution is 5.85. The average Bonchev–Trinajstić information content (AvgIpc) is 3.30. The number of nitrogens with one attached hydrogen (secondary N) is 1. The van der Waals surface area contributed by atoms with Gasteiger partial charge in [-0.15, -0.1) is 12.4 Å². The second-order valence-electron chi connectivity index (χ2n) is 6.67. The standard InChI is InChI=1S/C18H26N2O2.ClH/c1-13(21)19-8-7-16-12-20(10-14-3-4-14)11-15-5-6-17(22-2)9-18(15)16;/h5-6,9,14,16H,3-4,7-8,10-12H2,1-2H3,(H,19,21);1H. The van der Waals surface area contributed by atoms with Crippen LogP contribution in [-0.2, 0) is 11.3 Å². The number of fused-ring (bicyclic) bond motifs is 1. The first kappa shape index (κ1) is 18.1. The molecule has 1 heterocycles. The van der Waals surface area contributed by atoms with E-state index >= 15 is 0 Å². The monoisotopic (exact) mass is 338 g/mol. The van der Waals surface area contributed by atoms with Gasteiger partial charge in [0.2, 0.25) is 5.91 Å². The highest BCUT2D eigenvalue weighted by Crippen LogP contribution is 2.36. The van der Waals surface area contributed by atoms with E-state index in [0.29, 0.717) is 5.92 Å². The van der Waals surface area contributed by atoms with E-state index in [2.05, 4.69) is 28.4 Å². The molecule has 5 heteroatoms. The van der Waals surface area contributed by atoms with E-state index in [4.69, 9.17) is 4.74 Å². The highest BCUT2D eigenvalue weighted by atomic mass is 35.5. The Morgan fingerprint density at radius 3 is 2.83 bits per heavy atom. The Morgan fingerprint density at radius 1 is 1.39 bits per heavy atom. The third-order valence-electron chi connectivity index (χ3n) is 4.75. The number of amides is 1. The molecule has 2 aliphatic rings. The minimum absolute atomic E-state index is 0. The van der Waals surface area contributed by atoms with Gasteiger partial charge >= 0.3 is 0 Å². The van der Waals surface area contributed by atoms with Crippen molar-refractivity contribution in [2.75, 3.05) is 26.7 Å². The molecule has 1 fully saturated rings. The first-order valence-electron chi connectivity index (χ1n) is 8.29. The number of ether oxygens (including phenoxy) is 1. The van der Waals surface area contributed by atoms with Gasteiger partial charge in [-0.1, -0.05) is 6.07 Å². The van der Waals surface area contributed by atoms with Crippen molar-refractivity contribution in [2.45, 2.75) is 38.6 Å². The second kappa shape index (κ2) is 8.02. The van der Waals surface area contributed by atoms with Gasteiger partial charge in [-0.3, -0.25) is 9.69 Å². The summed E-state index contributed by atoms with van der Waals surface area (Å²) in [5.41, 5.74) is 2.82. The molecule has 1 amide bonds. The van der Waals surface area contributed by atoms with Crippen molar-refractivity contribution in [2.24, 2.45) is 5.92 Å². The van der Waals surface area contributed by atoms with E-state index in [9.17, 15) is 4.79 Å². The summed E-state index contributed by atoms with van der Waals surface area (Å²) in [5, 5.41) is 2.93. The zero-order valence-corrected chi connectivity index (χ0v) is 14.8. The quantitative estimate of drug-likeness (QED) is 0.867. The van der Waals surface area contributed by atoms with E-state index < -0.39 is 0 Å². The van der Waals surface area contributed by atoms with Crippen LogP contribution in [0, 0.1) is 5.92 Å². The first-order chi connectivity index (χ1) is 10.7. The van der Waals surface area contributed by atoms with Crippen LogP contribution >= 0.6 is 12.4 Å². The Bertz CT molecular complexity index is 546. The molecular formula is C18H27ClN2O2. The number of carbonyl (C=O) groups is 1. The van der Waals surface area contributed by atoms with E-state index in [1.807, 2.05) is 0 Å².